The molecule has 3 nitrogen and oxygen atoms in total. The SMILES string of the molecule is Cc1cc(Br)cc(-c2[nH]nc(N)c2-c2cccc(Cl)c2)c1. The molecule has 0 aliphatic heterocycles. The molecule has 0 atom stereocenters. The number of hydrogen-bond donors (Lipinski definition) is 2. The summed E-state index contributed by atoms with van der Waals surface area (Å²) in [7, 11) is 0. The number of benzene rings is 2. The Morgan fingerprint density at radius 1 is 1.14 bits per heavy atom. The zero-order chi connectivity index (χ0) is 15.0. The maximum Gasteiger partial charge on any atom is 0.153 e. The molecule has 0 amide bonds. The molecule has 0 spiro atoms. The Bertz CT molecular complexity index is 791. The van der Waals surface area contributed by atoms with Gasteiger partial charge in [-0.15, -0.1) is 0 Å². The first-order valence-electron chi connectivity index (χ1n) is 6.42. The van der Waals surface area contributed by atoms with E-state index >= 15 is 0 Å². The number of nitrogens with two attached hydrogens (primary N) is 1. The smallest absolute Gasteiger partial charge is 0.153 e. The zero-order valence-electron chi connectivity index (χ0n) is 11.3. The van der Waals surface area contributed by atoms with E-state index in [4.69, 9.17) is 17.3 Å². The highest BCUT2D eigenvalue weighted by molar-refractivity contribution is 9.10. The van der Waals surface area contributed by atoms with Crippen LogP contribution in [0, 0.1) is 6.92 Å². The highest BCUT2D eigenvalue weighted by Crippen LogP contribution is 2.36. The third kappa shape index (κ3) is 2.82. The lowest BCUT2D eigenvalue weighted by Gasteiger charge is -2.07. The summed E-state index contributed by atoms with van der Waals surface area (Å²) >= 11 is 9.61. The van der Waals surface area contributed by atoms with Gasteiger partial charge in [0.05, 0.1) is 11.3 Å². The molecule has 0 fully saturated rings. The van der Waals surface area contributed by atoms with E-state index in [-0.39, 0.29) is 0 Å². The first-order valence-corrected chi connectivity index (χ1v) is 7.59. The minimum atomic E-state index is 0.463. The van der Waals surface area contributed by atoms with Crippen molar-refractivity contribution in [1.29, 1.82) is 0 Å². The molecule has 106 valence electrons. The third-order valence-corrected chi connectivity index (χ3v) is 3.93. The second kappa shape index (κ2) is 5.54. The van der Waals surface area contributed by atoms with Gasteiger partial charge in [0.25, 0.3) is 0 Å². The highest BCUT2D eigenvalue weighted by Gasteiger charge is 2.15. The molecule has 0 radical (unpaired) electrons. The van der Waals surface area contributed by atoms with E-state index in [0.717, 1.165) is 32.4 Å². The summed E-state index contributed by atoms with van der Waals surface area (Å²) in [5, 5.41) is 7.85. The van der Waals surface area contributed by atoms with Gasteiger partial charge in [0, 0.05) is 15.1 Å². The minimum absolute atomic E-state index is 0.463. The predicted octanol–water partition coefficient (Wildman–Crippen LogP) is 5.05. The van der Waals surface area contributed by atoms with Crippen molar-refractivity contribution in [1.82, 2.24) is 10.2 Å². The molecular formula is C16H13BrClN3. The van der Waals surface area contributed by atoms with E-state index < -0.39 is 0 Å². The molecule has 21 heavy (non-hydrogen) atoms. The van der Waals surface area contributed by atoms with Gasteiger partial charge in [-0.25, -0.2) is 0 Å². The van der Waals surface area contributed by atoms with Crippen LogP contribution in [-0.2, 0) is 0 Å². The van der Waals surface area contributed by atoms with E-state index in [1.54, 1.807) is 0 Å². The first-order chi connectivity index (χ1) is 10.0. The molecular weight excluding hydrogens is 350 g/mol. The average molecular weight is 363 g/mol. The standard InChI is InChI=1S/C16H13BrClN3/c1-9-5-11(7-12(17)6-9)15-14(16(19)21-20-15)10-3-2-4-13(18)8-10/h2-8H,1H3,(H3,19,20,21). The molecule has 5 heteroatoms. The molecule has 3 aromatic rings. The molecule has 0 saturated heterocycles. The van der Waals surface area contributed by atoms with Gasteiger partial charge >= 0.3 is 0 Å². The third-order valence-electron chi connectivity index (χ3n) is 3.24. The highest BCUT2D eigenvalue weighted by atomic mass is 79.9. The van der Waals surface area contributed by atoms with E-state index in [2.05, 4.69) is 38.3 Å². The van der Waals surface area contributed by atoms with Crippen molar-refractivity contribution in [3.05, 3.63) is 57.5 Å². The quantitative estimate of drug-likeness (QED) is 0.670. The van der Waals surface area contributed by atoms with E-state index in [9.17, 15) is 0 Å². The Morgan fingerprint density at radius 2 is 1.95 bits per heavy atom. The van der Waals surface area contributed by atoms with Gasteiger partial charge in [0.15, 0.2) is 5.82 Å². The number of hydrogen-bond acceptors (Lipinski definition) is 2. The summed E-state index contributed by atoms with van der Waals surface area (Å²) < 4.78 is 1.02. The lowest BCUT2D eigenvalue weighted by Crippen LogP contribution is -1.89. The fourth-order valence-electron chi connectivity index (χ4n) is 2.38. The Kier molecular flexibility index (Phi) is 3.74. The lowest BCUT2D eigenvalue weighted by atomic mass is 10.00. The largest absolute Gasteiger partial charge is 0.382 e. The minimum Gasteiger partial charge on any atom is -0.382 e. The monoisotopic (exact) mass is 361 g/mol. The Morgan fingerprint density at radius 3 is 2.67 bits per heavy atom. The van der Waals surface area contributed by atoms with E-state index in [1.807, 2.05) is 37.3 Å². The second-order valence-corrected chi connectivity index (χ2v) is 6.24. The number of nitrogens with one attached hydrogen (secondary N) is 1. The fraction of sp³-hybridized carbons (Fsp3) is 0.0625. The van der Waals surface area contributed by atoms with Crippen LogP contribution in [0.15, 0.2) is 46.9 Å². The predicted molar refractivity (Wildman–Crippen MR) is 91.3 cm³/mol. The Labute approximate surface area is 136 Å². The molecule has 0 aliphatic carbocycles. The second-order valence-electron chi connectivity index (χ2n) is 4.89. The summed E-state index contributed by atoms with van der Waals surface area (Å²) in [5.41, 5.74) is 10.9. The molecule has 3 rings (SSSR count). The lowest BCUT2D eigenvalue weighted by molar-refractivity contribution is 1.10. The number of rotatable bonds is 2. The van der Waals surface area contributed by atoms with E-state index in [1.165, 1.54) is 0 Å². The number of aromatic amines is 1. The first kappa shape index (κ1) is 14.2. The van der Waals surface area contributed by atoms with Crippen LogP contribution in [0.1, 0.15) is 5.56 Å². The van der Waals surface area contributed by atoms with Crippen molar-refractivity contribution < 1.29 is 0 Å². The number of aryl methyl sites for hydroxylation is 1. The molecule has 0 bridgehead atoms. The van der Waals surface area contributed by atoms with Crippen LogP contribution >= 0.6 is 27.5 Å². The number of H-pyrrole nitrogens is 1. The summed E-state index contributed by atoms with van der Waals surface area (Å²) in [4.78, 5) is 0. The van der Waals surface area contributed by atoms with E-state index in [0.29, 0.717) is 10.8 Å². The van der Waals surface area contributed by atoms with Crippen molar-refractivity contribution in [2.75, 3.05) is 5.73 Å². The van der Waals surface area contributed by atoms with Crippen molar-refractivity contribution in [2.45, 2.75) is 6.92 Å². The Balaban J connectivity index is 2.21. The molecule has 0 aliphatic rings. The van der Waals surface area contributed by atoms with Crippen molar-refractivity contribution >= 4 is 33.3 Å². The van der Waals surface area contributed by atoms with Crippen LogP contribution in [0.5, 0.6) is 0 Å². The van der Waals surface area contributed by atoms with Gasteiger partial charge in [-0.2, -0.15) is 5.10 Å². The van der Waals surface area contributed by atoms with Gasteiger partial charge in [-0.05, 0) is 48.4 Å². The van der Waals surface area contributed by atoms with Gasteiger partial charge in [-0.3, -0.25) is 5.10 Å². The van der Waals surface area contributed by atoms with Crippen LogP contribution in [0.2, 0.25) is 5.02 Å². The number of nitrogen functional groups attached to an aromatic ring is 1. The van der Waals surface area contributed by atoms with Crippen molar-refractivity contribution in [2.24, 2.45) is 0 Å². The number of halogens is 2. The summed E-state index contributed by atoms with van der Waals surface area (Å²) in [5.74, 6) is 0.463. The number of anilines is 1. The van der Waals surface area contributed by atoms with Gasteiger partial charge in [0.1, 0.15) is 0 Å². The maximum absolute atomic E-state index is 6.08. The number of aromatic nitrogens is 2. The van der Waals surface area contributed by atoms with Gasteiger partial charge in [0.2, 0.25) is 0 Å². The maximum atomic E-state index is 6.08. The normalized spacial score (nSPS) is 10.8. The summed E-state index contributed by atoms with van der Waals surface area (Å²) in [6.45, 7) is 2.05. The molecule has 1 aromatic heterocycles. The molecule has 0 unspecified atom stereocenters. The Hall–Kier alpha value is -1.78. The summed E-state index contributed by atoms with van der Waals surface area (Å²) in [6.07, 6.45) is 0. The number of nitrogens with zero attached hydrogens (tertiary/aromatic N) is 1. The topological polar surface area (TPSA) is 54.7 Å². The molecule has 1 heterocycles. The zero-order valence-corrected chi connectivity index (χ0v) is 13.7. The van der Waals surface area contributed by atoms with Crippen molar-refractivity contribution in [3.8, 4) is 22.4 Å². The molecule has 0 saturated carbocycles. The van der Waals surface area contributed by atoms with Crippen LogP contribution in [-0.4, -0.2) is 10.2 Å². The van der Waals surface area contributed by atoms with Crippen molar-refractivity contribution in [3.63, 3.8) is 0 Å². The van der Waals surface area contributed by atoms with Crippen LogP contribution in [0.4, 0.5) is 5.82 Å². The molecule has 2 aromatic carbocycles. The van der Waals surface area contributed by atoms with Crippen LogP contribution in [0.3, 0.4) is 0 Å². The van der Waals surface area contributed by atoms with Crippen LogP contribution < -0.4 is 5.73 Å². The van der Waals surface area contributed by atoms with Crippen LogP contribution in [0.25, 0.3) is 22.4 Å². The fourth-order valence-corrected chi connectivity index (χ4v) is 3.18. The van der Waals surface area contributed by atoms with Gasteiger partial charge < -0.3 is 5.73 Å². The van der Waals surface area contributed by atoms with Gasteiger partial charge in [-0.1, -0.05) is 39.7 Å². The summed E-state index contributed by atoms with van der Waals surface area (Å²) in [6, 6.07) is 13.8. The average Bonchev–Trinajstić information content (AvgIpc) is 2.79. The molecule has 3 N–H and O–H groups in total.